The highest BCUT2D eigenvalue weighted by Crippen LogP contribution is 2.04. The highest BCUT2D eigenvalue weighted by atomic mass is 16.6. The fraction of sp³-hybridized carbons (Fsp3) is 0.550. The van der Waals surface area contributed by atoms with Gasteiger partial charge in [-0.1, -0.05) is 46.9 Å². The molecule has 0 aliphatic carbocycles. The molecule has 3 unspecified atom stereocenters. The van der Waals surface area contributed by atoms with Crippen LogP contribution in [0.5, 0.6) is 0 Å². The molecular weight excluding hydrogens is 768 g/mol. The van der Waals surface area contributed by atoms with Gasteiger partial charge >= 0.3 is 35.8 Å². The van der Waals surface area contributed by atoms with Gasteiger partial charge < -0.3 is 56.8 Å². The summed E-state index contributed by atoms with van der Waals surface area (Å²) in [6.45, 7) is 26.6. The van der Waals surface area contributed by atoms with Crippen LogP contribution in [0.15, 0.2) is 75.9 Å². The van der Waals surface area contributed by atoms with E-state index < -0.39 is 66.3 Å². The van der Waals surface area contributed by atoms with E-state index in [4.69, 9.17) is 56.8 Å². The highest BCUT2D eigenvalue weighted by Gasteiger charge is 2.17. The summed E-state index contributed by atoms with van der Waals surface area (Å²) in [5.74, 6) is -3.24. The minimum absolute atomic E-state index is 0. The van der Waals surface area contributed by atoms with Crippen LogP contribution in [-0.4, -0.2) is 152 Å². The maximum Gasteiger partial charge on any atom is 0.330 e. The minimum Gasteiger partial charge on any atom is -0.460 e. The van der Waals surface area contributed by atoms with Gasteiger partial charge in [0.05, 0.1) is 66.1 Å². The Bertz CT molecular complexity index is 1180. The predicted octanol–water partition coefficient (Wildman–Crippen LogP) is 2.99. The Balaban J connectivity index is -0.00000103. The van der Waals surface area contributed by atoms with Crippen molar-refractivity contribution in [3.8, 4) is 0 Å². The van der Waals surface area contributed by atoms with Gasteiger partial charge in [0.2, 0.25) is 0 Å². The van der Waals surface area contributed by atoms with E-state index in [0.717, 1.165) is 36.5 Å². The number of carbonyl (C=O) groups is 6. The molecule has 18 nitrogen and oxygen atoms in total. The van der Waals surface area contributed by atoms with Crippen molar-refractivity contribution < 1.29 is 85.6 Å². The number of rotatable bonds is 34. The van der Waals surface area contributed by atoms with Crippen molar-refractivity contribution in [3.05, 3.63) is 75.9 Å². The van der Waals surface area contributed by atoms with E-state index in [1.165, 1.54) is 0 Å². The van der Waals surface area contributed by atoms with Crippen LogP contribution in [0.2, 0.25) is 0 Å². The molecule has 0 heterocycles. The third-order valence-corrected chi connectivity index (χ3v) is 6.06. The number of hydrogen-bond acceptors (Lipinski definition) is 18. The van der Waals surface area contributed by atoms with E-state index in [1.54, 1.807) is 20.8 Å². The molecule has 0 spiro atoms. The minimum atomic E-state index is -0.550. The zero-order chi connectivity index (χ0) is 43.3. The molecule has 0 fully saturated rings. The molecule has 3 atom stereocenters. The molecule has 0 amide bonds. The molecule has 0 bridgehead atoms. The molecule has 0 radical (unpaired) electrons. The maximum absolute atomic E-state index is 11.2. The van der Waals surface area contributed by atoms with Crippen LogP contribution >= 0.6 is 0 Å². The van der Waals surface area contributed by atoms with Gasteiger partial charge in [-0.05, 0) is 20.8 Å². The smallest absolute Gasteiger partial charge is 0.330 e. The molecule has 0 aromatic rings. The molecule has 0 aliphatic rings. The molecule has 0 aromatic heterocycles. The average molecular weight is 831 g/mol. The summed E-state index contributed by atoms with van der Waals surface area (Å²) in [4.78, 5) is 66.4. The Kier molecular flexibility index (Phi) is 38.4. The van der Waals surface area contributed by atoms with Gasteiger partial charge in [-0.3, -0.25) is 0 Å². The fourth-order valence-corrected chi connectivity index (χ4v) is 3.50. The Labute approximate surface area is 341 Å². The number of carbonyl (C=O) groups excluding carboxylic acids is 6. The molecule has 0 aliphatic heterocycles. The lowest BCUT2D eigenvalue weighted by Crippen LogP contribution is -2.33. The van der Waals surface area contributed by atoms with E-state index in [1.807, 2.05) is 0 Å². The van der Waals surface area contributed by atoms with Crippen molar-refractivity contribution in [2.24, 2.45) is 0 Å². The Morgan fingerprint density at radius 1 is 0.379 bits per heavy atom. The van der Waals surface area contributed by atoms with Gasteiger partial charge in [0.15, 0.2) is 0 Å². The second-order valence-electron chi connectivity index (χ2n) is 11.1. The lowest BCUT2D eigenvalue weighted by Gasteiger charge is -2.22. The SMILES string of the molecule is C.C=CC(=O)OC(C)COCC(COCC(C)OC(=O)C=C)OCC(C)OC(=O)C=C.C=CC(=O)OCCOCC(COCCOC(=O)C=C)OCCOC(=O)C=C. The number of esters is 6. The lowest BCUT2D eigenvalue weighted by atomic mass is 10.3. The average Bonchev–Trinajstić information content (AvgIpc) is 3.20. The topological polar surface area (TPSA) is 213 Å². The normalized spacial score (nSPS) is 12.2. The molecule has 0 rings (SSSR count). The molecule has 18 heteroatoms. The molecule has 0 aromatic carbocycles. The van der Waals surface area contributed by atoms with Crippen molar-refractivity contribution in [3.63, 3.8) is 0 Å². The molecule has 330 valence electrons. The number of ether oxygens (including phenoxy) is 12. The summed E-state index contributed by atoms with van der Waals surface area (Å²) in [6.07, 6.45) is 3.98. The zero-order valence-electron chi connectivity index (χ0n) is 33.1. The summed E-state index contributed by atoms with van der Waals surface area (Å²) in [6, 6.07) is 0. The van der Waals surface area contributed by atoms with Crippen LogP contribution in [0.25, 0.3) is 0 Å². The van der Waals surface area contributed by atoms with E-state index in [0.29, 0.717) is 0 Å². The van der Waals surface area contributed by atoms with Crippen molar-refractivity contribution in [2.75, 3.05) is 85.9 Å². The van der Waals surface area contributed by atoms with E-state index >= 15 is 0 Å². The van der Waals surface area contributed by atoms with Gasteiger partial charge in [-0.15, -0.1) is 0 Å². The van der Waals surface area contributed by atoms with Crippen molar-refractivity contribution in [2.45, 2.75) is 58.7 Å². The second-order valence-corrected chi connectivity index (χ2v) is 11.1. The Morgan fingerprint density at radius 2 is 0.672 bits per heavy atom. The first-order valence-corrected chi connectivity index (χ1v) is 17.7. The van der Waals surface area contributed by atoms with Crippen molar-refractivity contribution in [1.29, 1.82) is 0 Å². The van der Waals surface area contributed by atoms with E-state index in [9.17, 15) is 28.8 Å². The first-order valence-electron chi connectivity index (χ1n) is 17.7. The fourth-order valence-electron chi connectivity index (χ4n) is 3.50. The van der Waals surface area contributed by atoms with Crippen LogP contribution in [0.3, 0.4) is 0 Å². The summed E-state index contributed by atoms with van der Waals surface area (Å²) in [7, 11) is 0. The highest BCUT2D eigenvalue weighted by molar-refractivity contribution is 5.82. The largest absolute Gasteiger partial charge is 0.460 e. The third-order valence-electron chi connectivity index (χ3n) is 6.06. The maximum atomic E-state index is 11.2. The monoisotopic (exact) mass is 830 g/mol. The van der Waals surface area contributed by atoms with Crippen LogP contribution < -0.4 is 0 Å². The molecule has 0 saturated carbocycles. The summed E-state index contributed by atoms with van der Waals surface area (Å²) in [5, 5.41) is 0. The molecule has 0 N–H and O–H groups in total. The van der Waals surface area contributed by atoms with Gasteiger partial charge in [-0.25, -0.2) is 28.8 Å². The Morgan fingerprint density at radius 3 is 1.02 bits per heavy atom. The quantitative estimate of drug-likeness (QED) is 0.0395. The molecule has 58 heavy (non-hydrogen) atoms. The van der Waals surface area contributed by atoms with Crippen molar-refractivity contribution >= 4 is 35.8 Å². The summed E-state index contributed by atoms with van der Waals surface area (Å²) in [5.41, 5.74) is 0. The lowest BCUT2D eigenvalue weighted by molar-refractivity contribution is -0.153. The van der Waals surface area contributed by atoms with Gasteiger partial charge in [0.25, 0.3) is 0 Å². The van der Waals surface area contributed by atoms with E-state index in [2.05, 4.69) is 39.5 Å². The van der Waals surface area contributed by atoms with Crippen molar-refractivity contribution in [1.82, 2.24) is 0 Å². The predicted molar refractivity (Wildman–Crippen MR) is 210 cm³/mol. The van der Waals surface area contributed by atoms with E-state index in [-0.39, 0.29) is 93.3 Å². The second kappa shape index (κ2) is 38.9. The van der Waals surface area contributed by atoms with Gasteiger partial charge in [-0.2, -0.15) is 0 Å². The summed E-state index contributed by atoms with van der Waals surface area (Å²) >= 11 is 0. The van der Waals surface area contributed by atoms with Crippen LogP contribution in [0, 0.1) is 0 Å². The first-order chi connectivity index (χ1) is 27.2. The van der Waals surface area contributed by atoms with Crippen LogP contribution in [0.4, 0.5) is 0 Å². The standard InChI is InChI=1S/C21H32O9.C18H26O9.CH4/c1-7-19(22)28-15(4)10-25-13-18(27-12-17(6)30-21(24)9-3)14-26-11-16(5)29-20(23)8-2;1-4-16(19)25-9-7-22-13-15(24-11-12-27-18(21)6-3)14-23-8-10-26-17(20)5-2;/h7-9,15-18H,1-3,10-14H2,4-6H3;4-6,15H,1-3,7-14H2;1H4. The Hall–Kier alpha value is -4.98. The molecule has 0 saturated heterocycles. The van der Waals surface area contributed by atoms with Crippen LogP contribution in [0.1, 0.15) is 28.2 Å². The third kappa shape index (κ3) is 36.6. The first kappa shape index (κ1) is 57.3. The number of hydrogen-bond donors (Lipinski definition) is 0. The van der Waals surface area contributed by atoms with Gasteiger partial charge in [0.1, 0.15) is 50.3 Å². The zero-order valence-corrected chi connectivity index (χ0v) is 33.1. The van der Waals surface area contributed by atoms with Crippen LogP contribution in [-0.2, 0) is 85.6 Å². The van der Waals surface area contributed by atoms with Gasteiger partial charge in [0, 0.05) is 36.5 Å². The summed E-state index contributed by atoms with van der Waals surface area (Å²) < 4.78 is 62.5. The molecular formula is C40H62O18.